The first-order valence-corrected chi connectivity index (χ1v) is 13.0. The summed E-state index contributed by atoms with van der Waals surface area (Å²) in [6, 6.07) is 13.3. The number of rotatable bonds is 5. The van der Waals surface area contributed by atoms with Gasteiger partial charge in [-0.05, 0) is 84.4 Å². The van der Waals surface area contributed by atoms with Crippen LogP contribution in [-0.4, -0.2) is 40.7 Å². The van der Waals surface area contributed by atoms with E-state index in [0.29, 0.717) is 38.0 Å². The Morgan fingerprint density at radius 2 is 1.59 bits per heavy atom. The van der Waals surface area contributed by atoms with E-state index in [1.807, 2.05) is 42.5 Å². The van der Waals surface area contributed by atoms with Gasteiger partial charge in [0, 0.05) is 30.9 Å². The number of benzene rings is 2. The number of aliphatic carboxylic acids is 1. The zero-order valence-corrected chi connectivity index (χ0v) is 21.9. The number of hydrogen-bond acceptors (Lipinski definition) is 4. The zero-order chi connectivity index (χ0) is 26.6. The van der Waals surface area contributed by atoms with Crippen LogP contribution < -0.4 is 10.6 Å². The fourth-order valence-electron chi connectivity index (χ4n) is 5.05. The number of hydrogen-bond donors (Lipinski definition) is 3. The summed E-state index contributed by atoms with van der Waals surface area (Å²) in [5.41, 5.74) is 4.83. The summed E-state index contributed by atoms with van der Waals surface area (Å²) < 4.78 is 5.73. The number of nitrogens with one attached hydrogen (secondary N) is 2. The SMILES string of the molecule is CC(C)(C)c1ccc(NC(=O)Nc2ccc3c(c2)CCN(C(=O)O[C@H]2CC[C@H](CC(=O)O)CC2)C3)cc1. The van der Waals surface area contributed by atoms with E-state index in [-0.39, 0.29) is 36.0 Å². The highest BCUT2D eigenvalue weighted by Gasteiger charge is 2.28. The third-order valence-corrected chi connectivity index (χ3v) is 7.27. The molecular formula is C29H37N3O5. The molecule has 1 saturated carbocycles. The lowest BCUT2D eigenvalue weighted by atomic mass is 9.85. The van der Waals surface area contributed by atoms with Gasteiger partial charge in [-0.2, -0.15) is 0 Å². The van der Waals surface area contributed by atoms with E-state index in [2.05, 4.69) is 31.4 Å². The number of carboxylic acid groups (broad SMARTS) is 1. The topological polar surface area (TPSA) is 108 Å². The summed E-state index contributed by atoms with van der Waals surface area (Å²) in [4.78, 5) is 37.9. The average Bonchev–Trinajstić information content (AvgIpc) is 2.84. The molecule has 0 saturated heterocycles. The van der Waals surface area contributed by atoms with Crippen molar-refractivity contribution in [3.63, 3.8) is 0 Å². The van der Waals surface area contributed by atoms with E-state index in [1.165, 1.54) is 5.56 Å². The van der Waals surface area contributed by atoms with E-state index in [4.69, 9.17) is 9.84 Å². The predicted octanol–water partition coefficient (Wildman–Crippen LogP) is 6.16. The molecule has 2 aliphatic rings. The molecule has 3 amide bonds. The Labute approximate surface area is 218 Å². The quantitative estimate of drug-likeness (QED) is 0.449. The molecule has 0 atom stereocenters. The molecule has 2 aromatic rings. The highest BCUT2D eigenvalue weighted by molar-refractivity contribution is 5.99. The number of carbonyl (C=O) groups is 3. The van der Waals surface area contributed by atoms with Crippen LogP contribution in [0.3, 0.4) is 0 Å². The second-order valence-corrected chi connectivity index (χ2v) is 11.2. The maximum Gasteiger partial charge on any atom is 0.410 e. The zero-order valence-electron chi connectivity index (χ0n) is 21.9. The smallest absolute Gasteiger partial charge is 0.410 e. The average molecular weight is 508 g/mol. The summed E-state index contributed by atoms with van der Waals surface area (Å²) >= 11 is 0. The number of nitrogens with zero attached hydrogens (tertiary/aromatic N) is 1. The molecule has 37 heavy (non-hydrogen) atoms. The Kier molecular flexibility index (Phi) is 8.05. The summed E-state index contributed by atoms with van der Waals surface area (Å²) in [5, 5.41) is 14.7. The van der Waals surface area contributed by atoms with Crippen LogP contribution in [0.5, 0.6) is 0 Å². The Bertz CT molecular complexity index is 1130. The molecule has 1 fully saturated rings. The van der Waals surface area contributed by atoms with Crippen LogP contribution in [0.25, 0.3) is 0 Å². The minimum atomic E-state index is -0.766. The molecule has 0 aromatic heterocycles. The van der Waals surface area contributed by atoms with Gasteiger partial charge < -0.3 is 25.4 Å². The third kappa shape index (κ3) is 7.24. The fraction of sp³-hybridized carbons (Fsp3) is 0.483. The Morgan fingerprint density at radius 3 is 2.24 bits per heavy atom. The first-order chi connectivity index (χ1) is 17.6. The molecule has 3 N–H and O–H groups in total. The van der Waals surface area contributed by atoms with Crippen LogP contribution >= 0.6 is 0 Å². The van der Waals surface area contributed by atoms with Crippen LogP contribution in [0.15, 0.2) is 42.5 Å². The number of amides is 3. The molecule has 2 aromatic carbocycles. The summed E-state index contributed by atoms with van der Waals surface area (Å²) in [5.74, 6) is -0.592. The Balaban J connectivity index is 1.26. The van der Waals surface area contributed by atoms with Crippen molar-refractivity contribution in [1.82, 2.24) is 4.90 Å². The van der Waals surface area contributed by atoms with Gasteiger partial charge in [0.15, 0.2) is 0 Å². The number of anilines is 2. The van der Waals surface area contributed by atoms with Gasteiger partial charge in [0.25, 0.3) is 0 Å². The van der Waals surface area contributed by atoms with E-state index in [1.54, 1.807) is 4.90 Å². The normalized spacial score (nSPS) is 19.5. The maximum atomic E-state index is 12.7. The van der Waals surface area contributed by atoms with Crippen LogP contribution in [0.1, 0.15) is 69.6 Å². The van der Waals surface area contributed by atoms with E-state index in [0.717, 1.165) is 29.7 Å². The first kappa shape index (κ1) is 26.5. The third-order valence-electron chi connectivity index (χ3n) is 7.27. The number of ether oxygens (including phenoxy) is 1. The van der Waals surface area contributed by atoms with E-state index >= 15 is 0 Å². The molecule has 4 rings (SSSR count). The van der Waals surface area contributed by atoms with Gasteiger partial charge in [-0.25, -0.2) is 9.59 Å². The second kappa shape index (κ2) is 11.2. The van der Waals surface area contributed by atoms with Crippen molar-refractivity contribution in [3.05, 3.63) is 59.2 Å². The number of urea groups is 1. The lowest BCUT2D eigenvalue weighted by molar-refractivity contribution is -0.138. The van der Waals surface area contributed by atoms with Gasteiger partial charge in [-0.3, -0.25) is 4.79 Å². The van der Waals surface area contributed by atoms with Crippen molar-refractivity contribution >= 4 is 29.5 Å². The first-order valence-electron chi connectivity index (χ1n) is 13.0. The minimum absolute atomic E-state index is 0.0546. The number of carbonyl (C=O) groups excluding carboxylic acids is 2. The highest BCUT2D eigenvalue weighted by Crippen LogP contribution is 2.30. The molecular weight excluding hydrogens is 470 g/mol. The Hall–Kier alpha value is -3.55. The van der Waals surface area contributed by atoms with Gasteiger partial charge in [-0.1, -0.05) is 39.0 Å². The molecule has 0 bridgehead atoms. The molecule has 0 spiro atoms. The van der Waals surface area contributed by atoms with Crippen molar-refractivity contribution < 1.29 is 24.2 Å². The van der Waals surface area contributed by atoms with Crippen molar-refractivity contribution in [2.24, 2.45) is 5.92 Å². The van der Waals surface area contributed by atoms with Gasteiger partial charge in [0.1, 0.15) is 6.10 Å². The molecule has 1 heterocycles. The van der Waals surface area contributed by atoms with Gasteiger partial charge in [-0.15, -0.1) is 0 Å². The van der Waals surface area contributed by atoms with E-state index in [9.17, 15) is 14.4 Å². The standard InChI is InChI=1S/C29H37N3O5/c1-29(2,3)22-7-10-23(11-8-22)30-27(35)31-24-9-6-21-18-32(15-14-20(21)17-24)28(36)37-25-12-4-19(5-13-25)16-26(33)34/h6-11,17,19,25H,4-5,12-16,18H2,1-3H3,(H,33,34)(H2,30,31,35)/t19-,25-. The van der Waals surface area contributed by atoms with Gasteiger partial charge in [0.05, 0.1) is 0 Å². The molecule has 1 aliphatic carbocycles. The molecule has 8 nitrogen and oxygen atoms in total. The largest absolute Gasteiger partial charge is 0.481 e. The monoisotopic (exact) mass is 507 g/mol. The van der Waals surface area contributed by atoms with Crippen molar-refractivity contribution in [2.75, 3.05) is 17.2 Å². The molecule has 8 heteroatoms. The number of fused-ring (bicyclic) bond motifs is 1. The maximum absolute atomic E-state index is 12.7. The number of carboxylic acids is 1. The summed E-state index contributed by atoms with van der Waals surface area (Å²) in [7, 11) is 0. The van der Waals surface area contributed by atoms with Crippen molar-refractivity contribution in [1.29, 1.82) is 0 Å². The van der Waals surface area contributed by atoms with Crippen LogP contribution in [0.4, 0.5) is 21.0 Å². The molecule has 0 unspecified atom stereocenters. The van der Waals surface area contributed by atoms with Crippen LogP contribution in [0, 0.1) is 5.92 Å². The predicted molar refractivity (Wildman–Crippen MR) is 143 cm³/mol. The van der Waals surface area contributed by atoms with Crippen molar-refractivity contribution in [2.45, 2.75) is 77.4 Å². The highest BCUT2D eigenvalue weighted by atomic mass is 16.6. The van der Waals surface area contributed by atoms with Gasteiger partial charge in [0.2, 0.25) is 0 Å². The lowest BCUT2D eigenvalue weighted by Crippen LogP contribution is -2.39. The summed E-state index contributed by atoms with van der Waals surface area (Å²) in [6.45, 7) is 7.47. The van der Waals surface area contributed by atoms with Crippen molar-refractivity contribution in [3.8, 4) is 0 Å². The van der Waals surface area contributed by atoms with E-state index < -0.39 is 5.97 Å². The van der Waals surface area contributed by atoms with Gasteiger partial charge >= 0.3 is 18.1 Å². The second-order valence-electron chi connectivity index (χ2n) is 11.2. The molecule has 0 radical (unpaired) electrons. The Morgan fingerprint density at radius 1 is 0.946 bits per heavy atom. The fourth-order valence-corrected chi connectivity index (χ4v) is 5.05. The summed E-state index contributed by atoms with van der Waals surface area (Å²) in [6.07, 6.45) is 3.39. The lowest BCUT2D eigenvalue weighted by Gasteiger charge is -2.32. The molecule has 1 aliphatic heterocycles. The van der Waals surface area contributed by atoms with Crippen LogP contribution in [-0.2, 0) is 27.9 Å². The minimum Gasteiger partial charge on any atom is -0.481 e. The molecule has 198 valence electrons. The van der Waals surface area contributed by atoms with Crippen LogP contribution in [0.2, 0.25) is 0 Å².